The molecule has 0 bridgehead atoms. The summed E-state index contributed by atoms with van der Waals surface area (Å²) in [6, 6.07) is 12.4. The Morgan fingerprint density at radius 2 is 1.69 bits per heavy atom. The lowest BCUT2D eigenvalue weighted by Gasteiger charge is -2.23. The van der Waals surface area contributed by atoms with Crippen molar-refractivity contribution in [1.29, 1.82) is 0 Å². The lowest BCUT2D eigenvalue weighted by Crippen LogP contribution is -2.15. The van der Waals surface area contributed by atoms with Crippen LogP contribution in [0.5, 0.6) is 5.75 Å². The van der Waals surface area contributed by atoms with Crippen LogP contribution in [0.4, 0.5) is 11.4 Å². The van der Waals surface area contributed by atoms with E-state index in [9.17, 15) is 0 Å². The van der Waals surface area contributed by atoms with Gasteiger partial charge in [0.1, 0.15) is 11.6 Å². The lowest BCUT2D eigenvalue weighted by atomic mass is 9.87. The molecule has 2 rings (SSSR count). The number of amidine groups is 1. The smallest absolute Gasteiger partial charge is 0.151 e. The maximum absolute atomic E-state index is 6.50. The molecule has 4 nitrogen and oxygen atoms in total. The first kappa shape index (κ1) is 28.5. The maximum Gasteiger partial charge on any atom is 0.151 e. The van der Waals surface area contributed by atoms with Gasteiger partial charge in [0.25, 0.3) is 0 Å². The topological polar surface area (TPSA) is 45.7 Å². The summed E-state index contributed by atoms with van der Waals surface area (Å²) in [7, 11) is 0. The molecule has 0 aliphatic heterocycles. The molecular formula is C30H42ClN3O. The van der Waals surface area contributed by atoms with Crippen LogP contribution in [0.1, 0.15) is 82.9 Å². The predicted molar refractivity (Wildman–Crippen MR) is 154 cm³/mol. The van der Waals surface area contributed by atoms with Gasteiger partial charge in [0.05, 0.1) is 16.8 Å². The average Bonchev–Trinajstić information content (AvgIpc) is 2.80. The molecule has 0 aliphatic carbocycles. The quantitative estimate of drug-likeness (QED) is 0.227. The lowest BCUT2D eigenvalue weighted by molar-refractivity contribution is 0.243. The summed E-state index contributed by atoms with van der Waals surface area (Å²) in [6.07, 6.45) is 6.54. The summed E-state index contributed by atoms with van der Waals surface area (Å²) < 4.78 is 6.23. The minimum absolute atomic E-state index is 0.0504. The number of anilines is 2. The first-order valence-corrected chi connectivity index (χ1v) is 13.1. The summed E-state index contributed by atoms with van der Waals surface area (Å²) in [4.78, 5) is 4.69. The van der Waals surface area contributed by atoms with E-state index in [1.54, 1.807) is 0 Å². The fourth-order valence-electron chi connectivity index (χ4n) is 4.18. The van der Waals surface area contributed by atoms with Crippen molar-refractivity contribution in [1.82, 2.24) is 0 Å². The molecule has 35 heavy (non-hydrogen) atoms. The zero-order chi connectivity index (χ0) is 26.0. The number of nitrogens with one attached hydrogen (secondary N) is 2. The molecule has 0 aromatic heterocycles. The number of allylic oxidation sites excluding steroid dienone is 1. The molecule has 5 heteroatoms. The Bertz CT molecular complexity index is 1050. The number of hydrogen-bond donors (Lipinski definition) is 2. The van der Waals surface area contributed by atoms with E-state index in [-0.39, 0.29) is 6.10 Å². The molecule has 0 amide bonds. The standard InChI is InChI=1S/C30H42ClN3O/c1-9-14-24(15-10-2)25-19-29(35-20(4)5)28(18-22(25)7)32-23(8)33-30(26(31)11-3)34-27-17-13-12-16-21(27)6/h11-13,16-20,24,32H,8-10,14-15H2,1-7H3,(H,33,34)/b26-11+. The van der Waals surface area contributed by atoms with Crippen molar-refractivity contribution in [3.05, 3.63) is 76.6 Å². The largest absolute Gasteiger partial charge is 0.489 e. The zero-order valence-electron chi connectivity index (χ0n) is 22.5. The summed E-state index contributed by atoms with van der Waals surface area (Å²) in [5.41, 5.74) is 5.51. The second kappa shape index (κ2) is 14.0. The van der Waals surface area contributed by atoms with Crippen LogP contribution in [0.25, 0.3) is 0 Å². The highest BCUT2D eigenvalue weighted by Gasteiger charge is 2.18. The maximum atomic E-state index is 6.50. The summed E-state index contributed by atoms with van der Waals surface area (Å²) in [6.45, 7) is 18.8. The number of hydrogen-bond acceptors (Lipinski definition) is 3. The van der Waals surface area contributed by atoms with Crippen LogP contribution in [0.3, 0.4) is 0 Å². The van der Waals surface area contributed by atoms with Crippen LogP contribution in [0.2, 0.25) is 0 Å². The molecule has 0 aliphatic rings. The normalized spacial score (nSPS) is 12.3. The van der Waals surface area contributed by atoms with E-state index in [0.717, 1.165) is 22.7 Å². The number of para-hydroxylation sites is 1. The zero-order valence-corrected chi connectivity index (χ0v) is 23.2. The highest BCUT2D eigenvalue weighted by Crippen LogP contribution is 2.37. The Hall–Kier alpha value is -2.72. The molecule has 190 valence electrons. The number of aryl methyl sites for hydroxylation is 2. The molecule has 0 spiro atoms. The Morgan fingerprint density at radius 3 is 2.26 bits per heavy atom. The van der Waals surface area contributed by atoms with Crippen molar-refractivity contribution in [2.24, 2.45) is 4.99 Å². The van der Waals surface area contributed by atoms with Crippen LogP contribution < -0.4 is 15.4 Å². The van der Waals surface area contributed by atoms with Gasteiger partial charge in [-0.05, 0) is 88.3 Å². The monoisotopic (exact) mass is 495 g/mol. The Labute approximate surface area is 217 Å². The van der Waals surface area contributed by atoms with Gasteiger partial charge in [0.2, 0.25) is 0 Å². The van der Waals surface area contributed by atoms with E-state index in [2.05, 4.69) is 55.1 Å². The summed E-state index contributed by atoms with van der Waals surface area (Å²) in [5, 5.41) is 7.22. The van der Waals surface area contributed by atoms with Crippen molar-refractivity contribution in [2.75, 3.05) is 10.6 Å². The molecule has 0 unspecified atom stereocenters. The van der Waals surface area contributed by atoms with Crippen molar-refractivity contribution >= 4 is 28.8 Å². The van der Waals surface area contributed by atoms with Crippen LogP contribution in [0, 0.1) is 13.8 Å². The SMILES string of the molecule is C=C(/N=C(Nc1ccccc1C)\C(Cl)=C/C)Nc1cc(C)c(C(CCC)CCC)cc1OC(C)C. The van der Waals surface area contributed by atoms with E-state index in [4.69, 9.17) is 16.3 Å². The number of nitrogens with zero attached hydrogens (tertiary/aromatic N) is 1. The van der Waals surface area contributed by atoms with E-state index >= 15 is 0 Å². The molecule has 2 aromatic rings. The van der Waals surface area contributed by atoms with Gasteiger partial charge in [-0.3, -0.25) is 0 Å². The highest BCUT2D eigenvalue weighted by atomic mass is 35.5. The van der Waals surface area contributed by atoms with Gasteiger partial charge in [-0.15, -0.1) is 0 Å². The number of rotatable bonds is 12. The Kier molecular flexibility index (Phi) is 11.4. The van der Waals surface area contributed by atoms with E-state index < -0.39 is 0 Å². The molecule has 0 atom stereocenters. The van der Waals surface area contributed by atoms with Gasteiger partial charge in [0.15, 0.2) is 5.84 Å². The third kappa shape index (κ3) is 8.47. The molecule has 0 fully saturated rings. The van der Waals surface area contributed by atoms with Crippen LogP contribution in [-0.4, -0.2) is 11.9 Å². The molecule has 2 aromatic carbocycles. The number of halogens is 1. The molecule has 0 radical (unpaired) electrons. The first-order valence-electron chi connectivity index (χ1n) is 12.7. The van der Waals surface area contributed by atoms with E-state index in [1.807, 2.05) is 58.0 Å². The minimum Gasteiger partial charge on any atom is -0.489 e. The van der Waals surface area contributed by atoms with Crippen LogP contribution in [-0.2, 0) is 0 Å². The van der Waals surface area contributed by atoms with Crippen molar-refractivity contribution < 1.29 is 4.74 Å². The third-order valence-corrected chi connectivity index (χ3v) is 6.25. The molecular weight excluding hydrogens is 454 g/mol. The fraction of sp³-hybridized carbons (Fsp3) is 0.433. The van der Waals surface area contributed by atoms with E-state index in [0.29, 0.717) is 22.6 Å². The highest BCUT2D eigenvalue weighted by molar-refractivity contribution is 6.45. The number of benzene rings is 2. The summed E-state index contributed by atoms with van der Waals surface area (Å²) in [5.74, 6) is 2.36. The Balaban J connectivity index is 2.41. The van der Waals surface area contributed by atoms with Gasteiger partial charge in [0, 0.05) is 5.69 Å². The Morgan fingerprint density at radius 1 is 1.03 bits per heavy atom. The van der Waals surface area contributed by atoms with Gasteiger partial charge < -0.3 is 15.4 Å². The van der Waals surface area contributed by atoms with Gasteiger partial charge in [-0.25, -0.2) is 4.99 Å². The van der Waals surface area contributed by atoms with Gasteiger partial charge in [-0.1, -0.05) is 69.1 Å². The second-order valence-corrected chi connectivity index (χ2v) is 9.66. The number of aliphatic imine (C=N–C) groups is 1. The molecule has 0 heterocycles. The fourth-order valence-corrected chi connectivity index (χ4v) is 4.27. The molecule has 0 saturated heterocycles. The van der Waals surface area contributed by atoms with Crippen molar-refractivity contribution in [3.63, 3.8) is 0 Å². The summed E-state index contributed by atoms with van der Waals surface area (Å²) >= 11 is 6.50. The first-order chi connectivity index (χ1) is 16.7. The third-order valence-electron chi connectivity index (χ3n) is 5.85. The van der Waals surface area contributed by atoms with Crippen LogP contribution >= 0.6 is 11.6 Å². The number of ether oxygens (including phenoxy) is 1. The van der Waals surface area contributed by atoms with E-state index in [1.165, 1.54) is 36.8 Å². The molecule has 0 saturated carbocycles. The average molecular weight is 496 g/mol. The predicted octanol–water partition coefficient (Wildman–Crippen LogP) is 9.31. The van der Waals surface area contributed by atoms with Crippen LogP contribution in [0.15, 0.2) is 64.9 Å². The minimum atomic E-state index is 0.0504. The molecule has 2 N–H and O–H groups in total. The van der Waals surface area contributed by atoms with Gasteiger partial charge >= 0.3 is 0 Å². The van der Waals surface area contributed by atoms with Gasteiger partial charge in [-0.2, -0.15) is 0 Å². The van der Waals surface area contributed by atoms with Crippen molar-refractivity contribution in [3.8, 4) is 5.75 Å². The second-order valence-electron chi connectivity index (χ2n) is 9.25. The van der Waals surface area contributed by atoms with Crippen molar-refractivity contribution in [2.45, 2.75) is 86.2 Å².